The standard InChI is InChI=1S/C15H19ClN2OS/c1-10-7-11(9-12(16)8-10)13(19)18-5-3-15(2,4-6-18)14(17)20/h7-9H,3-6H2,1-2H3,(H2,17,20). The number of halogens is 1. The monoisotopic (exact) mass is 310 g/mol. The van der Waals surface area contributed by atoms with Gasteiger partial charge in [0.25, 0.3) is 5.91 Å². The van der Waals surface area contributed by atoms with Gasteiger partial charge in [-0.3, -0.25) is 4.79 Å². The summed E-state index contributed by atoms with van der Waals surface area (Å²) in [5.74, 6) is 0.0283. The Morgan fingerprint density at radius 2 is 1.95 bits per heavy atom. The second kappa shape index (κ2) is 5.70. The summed E-state index contributed by atoms with van der Waals surface area (Å²) < 4.78 is 0. The zero-order chi connectivity index (χ0) is 14.9. The molecule has 0 aromatic heterocycles. The van der Waals surface area contributed by atoms with Crippen molar-refractivity contribution < 1.29 is 4.79 Å². The van der Waals surface area contributed by atoms with Crippen LogP contribution in [0.1, 0.15) is 35.7 Å². The summed E-state index contributed by atoms with van der Waals surface area (Å²) in [6, 6.07) is 5.44. The third kappa shape index (κ3) is 3.13. The number of nitrogens with two attached hydrogens (primary N) is 1. The van der Waals surface area contributed by atoms with Gasteiger partial charge in [0.15, 0.2) is 0 Å². The third-order valence-electron chi connectivity index (χ3n) is 4.04. The molecule has 1 aromatic rings. The topological polar surface area (TPSA) is 46.3 Å². The molecule has 1 aliphatic heterocycles. The number of thiocarbonyl (C=S) groups is 1. The highest BCUT2D eigenvalue weighted by atomic mass is 35.5. The van der Waals surface area contributed by atoms with Crippen molar-refractivity contribution in [3.63, 3.8) is 0 Å². The Labute approximate surface area is 130 Å². The van der Waals surface area contributed by atoms with Gasteiger partial charge in [0.2, 0.25) is 0 Å². The molecule has 2 rings (SSSR count). The lowest BCUT2D eigenvalue weighted by atomic mass is 9.80. The molecule has 0 atom stereocenters. The van der Waals surface area contributed by atoms with Crippen LogP contribution in [-0.4, -0.2) is 28.9 Å². The zero-order valence-electron chi connectivity index (χ0n) is 11.8. The molecule has 1 heterocycles. The minimum atomic E-state index is -0.129. The Morgan fingerprint density at radius 3 is 2.45 bits per heavy atom. The summed E-state index contributed by atoms with van der Waals surface area (Å²) in [5.41, 5.74) is 7.29. The van der Waals surface area contributed by atoms with E-state index in [1.54, 1.807) is 6.07 Å². The molecule has 1 aliphatic rings. The molecule has 0 radical (unpaired) electrons. The number of hydrogen-bond acceptors (Lipinski definition) is 2. The first-order valence-electron chi connectivity index (χ1n) is 6.68. The van der Waals surface area contributed by atoms with Crippen LogP contribution in [0.5, 0.6) is 0 Å². The van der Waals surface area contributed by atoms with Gasteiger partial charge in [-0.2, -0.15) is 0 Å². The molecule has 1 fully saturated rings. The number of carbonyl (C=O) groups is 1. The van der Waals surface area contributed by atoms with Gasteiger partial charge in [-0.1, -0.05) is 30.7 Å². The van der Waals surface area contributed by atoms with Crippen molar-refractivity contribution in [2.45, 2.75) is 26.7 Å². The normalized spacial score (nSPS) is 17.9. The molecule has 1 aromatic carbocycles. The number of nitrogens with zero attached hydrogens (tertiary/aromatic N) is 1. The maximum atomic E-state index is 12.5. The minimum absolute atomic E-state index is 0.0283. The average Bonchev–Trinajstić information content (AvgIpc) is 2.37. The fourth-order valence-electron chi connectivity index (χ4n) is 2.49. The van der Waals surface area contributed by atoms with E-state index in [0.29, 0.717) is 28.7 Å². The fourth-order valence-corrected chi connectivity index (χ4v) is 2.99. The SMILES string of the molecule is Cc1cc(Cl)cc(C(=O)N2CCC(C)(C(N)=S)CC2)c1. The molecule has 3 nitrogen and oxygen atoms in total. The van der Waals surface area contributed by atoms with Gasteiger partial charge in [0.1, 0.15) is 0 Å². The van der Waals surface area contributed by atoms with Gasteiger partial charge >= 0.3 is 0 Å². The van der Waals surface area contributed by atoms with E-state index in [4.69, 9.17) is 29.6 Å². The van der Waals surface area contributed by atoms with E-state index in [1.807, 2.05) is 24.0 Å². The Morgan fingerprint density at radius 1 is 1.35 bits per heavy atom. The Bertz CT molecular complexity index is 531. The number of carbonyl (C=O) groups excluding carboxylic acids is 1. The Hall–Kier alpha value is -1.13. The fraction of sp³-hybridized carbons (Fsp3) is 0.467. The van der Waals surface area contributed by atoms with Crippen LogP contribution in [-0.2, 0) is 0 Å². The van der Waals surface area contributed by atoms with Crippen molar-refractivity contribution in [2.24, 2.45) is 11.1 Å². The lowest BCUT2D eigenvalue weighted by Crippen LogP contribution is -2.46. The maximum absolute atomic E-state index is 12.5. The molecule has 0 unspecified atom stereocenters. The third-order valence-corrected chi connectivity index (χ3v) is 4.75. The summed E-state index contributed by atoms with van der Waals surface area (Å²) in [6.07, 6.45) is 1.63. The van der Waals surface area contributed by atoms with Crippen LogP contribution in [0.25, 0.3) is 0 Å². The van der Waals surface area contributed by atoms with Crippen molar-refractivity contribution in [1.29, 1.82) is 0 Å². The van der Waals surface area contributed by atoms with Crippen molar-refractivity contribution in [1.82, 2.24) is 4.90 Å². The summed E-state index contributed by atoms with van der Waals surface area (Å²) in [5, 5.41) is 0.596. The van der Waals surface area contributed by atoms with Crippen molar-refractivity contribution in [3.05, 3.63) is 34.3 Å². The second-order valence-corrected chi connectivity index (χ2v) is 6.61. The summed E-state index contributed by atoms with van der Waals surface area (Å²) in [7, 11) is 0. The highest BCUT2D eigenvalue weighted by Gasteiger charge is 2.34. The predicted molar refractivity (Wildman–Crippen MR) is 86.2 cm³/mol. The van der Waals surface area contributed by atoms with Crippen molar-refractivity contribution in [3.8, 4) is 0 Å². The zero-order valence-corrected chi connectivity index (χ0v) is 13.4. The molecule has 5 heteroatoms. The molecule has 0 saturated carbocycles. The highest BCUT2D eigenvalue weighted by molar-refractivity contribution is 7.80. The lowest BCUT2D eigenvalue weighted by molar-refractivity contribution is 0.0670. The summed E-state index contributed by atoms with van der Waals surface area (Å²) in [4.78, 5) is 14.9. The van der Waals surface area contributed by atoms with Gasteiger partial charge in [-0.05, 0) is 43.5 Å². The number of amides is 1. The summed E-state index contributed by atoms with van der Waals surface area (Å²) >= 11 is 11.1. The molecule has 108 valence electrons. The van der Waals surface area contributed by atoms with Crippen LogP contribution >= 0.6 is 23.8 Å². The number of rotatable bonds is 2. The lowest BCUT2D eigenvalue weighted by Gasteiger charge is -2.38. The second-order valence-electron chi connectivity index (χ2n) is 5.73. The van der Waals surface area contributed by atoms with E-state index in [0.717, 1.165) is 18.4 Å². The first kappa shape index (κ1) is 15.3. The van der Waals surface area contributed by atoms with Crippen LogP contribution in [0.4, 0.5) is 0 Å². The molecule has 2 N–H and O–H groups in total. The van der Waals surface area contributed by atoms with E-state index in [2.05, 4.69) is 6.92 Å². The number of likely N-dealkylation sites (tertiary alicyclic amines) is 1. The molecule has 0 bridgehead atoms. The van der Waals surface area contributed by atoms with Gasteiger partial charge in [0.05, 0.1) is 4.99 Å². The maximum Gasteiger partial charge on any atom is 0.253 e. The smallest absolute Gasteiger partial charge is 0.253 e. The van der Waals surface area contributed by atoms with E-state index >= 15 is 0 Å². The average molecular weight is 311 g/mol. The van der Waals surface area contributed by atoms with Gasteiger partial charge in [0, 0.05) is 29.1 Å². The molecule has 1 saturated heterocycles. The highest BCUT2D eigenvalue weighted by Crippen LogP contribution is 2.31. The van der Waals surface area contributed by atoms with E-state index in [1.165, 1.54) is 0 Å². The Kier molecular flexibility index (Phi) is 4.35. The van der Waals surface area contributed by atoms with Gasteiger partial charge in [-0.15, -0.1) is 0 Å². The minimum Gasteiger partial charge on any atom is -0.393 e. The molecular weight excluding hydrogens is 292 g/mol. The van der Waals surface area contributed by atoms with Crippen LogP contribution < -0.4 is 5.73 Å². The molecule has 20 heavy (non-hydrogen) atoms. The van der Waals surface area contributed by atoms with Crippen molar-refractivity contribution >= 4 is 34.7 Å². The van der Waals surface area contributed by atoms with Crippen LogP contribution in [0.15, 0.2) is 18.2 Å². The molecule has 0 spiro atoms. The van der Waals surface area contributed by atoms with Crippen molar-refractivity contribution in [2.75, 3.05) is 13.1 Å². The van der Waals surface area contributed by atoms with Crippen LogP contribution in [0.3, 0.4) is 0 Å². The van der Waals surface area contributed by atoms with Gasteiger partial charge < -0.3 is 10.6 Å². The number of aryl methyl sites for hydroxylation is 1. The number of benzene rings is 1. The number of hydrogen-bond donors (Lipinski definition) is 1. The van der Waals surface area contributed by atoms with E-state index in [9.17, 15) is 4.79 Å². The van der Waals surface area contributed by atoms with E-state index in [-0.39, 0.29) is 11.3 Å². The quantitative estimate of drug-likeness (QED) is 0.853. The largest absolute Gasteiger partial charge is 0.393 e. The first-order valence-corrected chi connectivity index (χ1v) is 7.47. The molecule has 1 amide bonds. The molecular formula is C15H19ClN2OS. The predicted octanol–water partition coefficient (Wildman–Crippen LogP) is 3.18. The first-order chi connectivity index (χ1) is 9.32. The van der Waals surface area contributed by atoms with Crippen LogP contribution in [0.2, 0.25) is 5.02 Å². The molecule has 0 aliphatic carbocycles. The number of piperidine rings is 1. The summed E-state index contributed by atoms with van der Waals surface area (Å²) in [6.45, 7) is 5.36. The van der Waals surface area contributed by atoms with Crippen LogP contribution in [0, 0.1) is 12.3 Å². The Balaban J connectivity index is 2.10. The van der Waals surface area contributed by atoms with E-state index < -0.39 is 0 Å². The van der Waals surface area contributed by atoms with Gasteiger partial charge in [-0.25, -0.2) is 0 Å².